The minimum Gasteiger partial charge on any atom is -0.481 e. The van der Waals surface area contributed by atoms with E-state index >= 15 is 0 Å². The van der Waals surface area contributed by atoms with Crippen molar-refractivity contribution in [2.24, 2.45) is 5.41 Å². The number of rotatable bonds is 6. The highest BCUT2D eigenvalue weighted by Gasteiger charge is 2.40. The van der Waals surface area contributed by atoms with E-state index in [2.05, 4.69) is 4.72 Å². The van der Waals surface area contributed by atoms with E-state index in [1.54, 1.807) is 12.1 Å². The topological polar surface area (TPSA) is 83.5 Å². The van der Waals surface area contributed by atoms with Gasteiger partial charge in [0.25, 0.3) is 0 Å². The predicted octanol–water partition coefficient (Wildman–Crippen LogP) is 2.62. The van der Waals surface area contributed by atoms with Crippen LogP contribution in [0.1, 0.15) is 43.9 Å². The molecule has 0 spiro atoms. The molecule has 0 aromatic carbocycles. The van der Waals surface area contributed by atoms with Gasteiger partial charge in [-0.1, -0.05) is 26.2 Å². The molecule has 1 aromatic rings. The van der Waals surface area contributed by atoms with Crippen LogP contribution >= 0.6 is 11.3 Å². The number of aryl methyl sites for hydroxylation is 1. The largest absolute Gasteiger partial charge is 0.481 e. The van der Waals surface area contributed by atoms with E-state index in [1.165, 1.54) is 11.3 Å². The summed E-state index contributed by atoms with van der Waals surface area (Å²) in [5.74, 6) is -0.898. The summed E-state index contributed by atoms with van der Waals surface area (Å²) in [6.45, 7) is 1.95. The van der Waals surface area contributed by atoms with Gasteiger partial charge in [-0.2, -0.15) is 0 Å². The Hall–Kier alpha value is -0.920. The third-order valence-electron chi connectivity index (χ3n) is 4.12. The van der Waals surface area contributed by atoms with Gasteiger partial charge in [-0.05, 0) is 31.4 Å². The molecule has 1 fully saturated rings. The van der Waals surface area contributed by atoms with E-state index < -0.39 is 21.4 Å². The number of thiophene rings is 1. The normalized spacial score (nSPS) is 18.5. The number of hydrogen-bond donors (Lipinski definition) is 2. The first kappa shape index (κ1) is 16.5. The van der Waals surface area contributed by atoms with Crippen LogP contribution in [0.25, 0.3) is 0 Å². The van der Waals surface area contributed by atoms with Crippen molar-refractivity contribution in [1.29, 1.82) is 0 Å². The highest BCUT2D eigenvalue weighted by Crippen LogP contribution is 2.36. The SMILES string of the molecule is CCc1ccc(S(=O)(=O)NCC2(C(=O)O)CCCCC2)s1. The maximum atomic E-state index is 12.3. The lowest BCUT2D eigenvalue weighted by molar-refractivity contribution is -0.150. The lowest BCUT2D eigenvalue weighted by atomic mass is 9.74. The molecule has 2 N–H and O–H groups in total. The third-order valence-corrected chi connectivity index (χ3v) is 7.24. The predicted molar refractivity (Wildman–Crippen MR) is 82.0 cm³/mol. The second kappa shape index (κ2) is 6.46. The van der Waals surface area contributed by atoms with Gasteiger partial charge in [0.2, 0.25) is 10.0 Å². The molecule has 0 radical (unpaired) electrons. The fraction of sp³-hybridized carbons (Fsp3) is 0.643. The molecule has 0 aliphatic heterocycles. The van der Waals surface area contributed by atoms with Crippen LogP contribution in [0.15, 0.2) is 16.3 Å². The van der Waals surface area contributed by atoms with Crippen molar-refractivity contribution in [3.63, 3.8) is 0 Å². The Morgan fingerprint density at radius 3 is 2.52 bits per heavy atom. The van der Waals surface area contributed by atoms with Gasteiger partial charge in [0.15, 0.2) is 0 Å². The zero-order valence-electron chi connectivity index (χ0n) is 12.1. The van der Waals surface area contributed by atoms with Gasteiger partial charge >= 0.3 is 5.97 Å². The minimum atomic E-state index is -3.62. The lowest BCUT2D eigenvalue weighted by Crippen LogP contribution is -2.44. The average molecular weight is 331 g/mol. The second-order valence-corrected chi connectivity index (χ2v) is 8.71. The Labute approximate surface area is 129 Å². The molecule has 0 saturated heterocycles. The maximum absolute atomic E-state index is 12.3. The van der Waals surface area contributed by atoms with Crippen molar-refractivity contribution < 1.29 is 18.3 Å². The fourth-order valence-corrected chi connectivity index (χ4v) is 5.16. The van der Waals surface area contributed by atoms with Gasteiger partial charge in [-0.15, -0.1) is 11.3 Å². The Kier molecular flexibility index (Phi) is 5.06. The Bertz CT molecular complexity index is 600. The molecule has 21 heavy (non-hydrogen) atoms. The molecule has 5 nitrogen and oxygen atoms in total. The van der Waals surface area contributed by atoms with Crippen LogP contribution in [0.5, 0.6) is 0 Å². The quantitative estimate of drug-likeness (QED) is 0.839. The Balaban J connectivity index is 2.11. The number of nitrogens with one attached hydrogen (secondary N) is 1. The van der Waals surface area contributed by atoms with Gasteiger partial charge in [-0.3, -0.25) is 4.79 Å². The van der Waals surface area contributed by atoms with Crippen LogP contribution in [-0.2, 0) is 21.2 Å². The first-order valence-electron chi connectivity index (χ1n) is 7.21. The maximum Gasteiger partial charge on any atom is 0.310 e. The first-order valence-corrected chi connectivity index (χ1v) is 9.51. The molecule has 0 unspecified atom stereocenters. The van der Waals surface area contributed by atoms with Crippen molar-refractivity contribution in [1.82, 2.24) is 4.72 Å². The van der Waals surface area contributed by atoms with Crippen molar-refractivity contribution in [2.45, 2.75) is 49.7 Å². The third kappa shape index (κ3) is 3.64. The molecule has 2 rings (SSSR count). The van der Waals surface area contributed by atoms with Crippen LogP contribution in [0.3, 0.4) is 0 Å². The van der Waals surface area contributed by atoms with Gasteiger partial charge in [-0.25, -0.2) is 13.1 Å². The summed E-state index contributed by atoms with van der Waals surface area (Å²) in [7, 11) is -3.62. The molecule has 0 amide bonds. The Morgan fingerprint density at radius 1 is 1.33 bits per heavy atom. The summed E-state index contributed by atoms with van der Waals surface area (Å²) >= 11 is 1.24. The summed E-state index contributed by atoms with van der Waals surface area (Å²) in [5, 5.41) is 9.47. The molecule has 0 atom stereocenters. The number of carboxylic acids is 1. The molecule has 1 aromatic heterocycles. The number of carbonyl (C=O) groups is 1. The van der Waals surface area contributed by atoms with Gasteiger partial charge in [0.1, 0.15) is 4.21 Å². The van der Waals surface area contributed by atoms with Crippen LogP contribution in [-0.4, -0.2) is 26.0 Å². The second-order valence-electron chi connectivity index (χ2n) is 5.54. The molecular formula is C14H21NO4S2. The van der Waals surface area contributed by atoms with Crippen LogP contribution in [0.2, 0.25) is 0 Å². The number of carboxylic acid groups (broad SMARTS) is 1. The Morgan fingerprint density at radius 2 is 2.00 bits per heavy atom. The monoisotopic (exact) mass is 331 g/mol. The van der Waals surface area contributed by atoms with Gasteiger partial charge < -0.3 is 5.11 Å². The van der Waals surface area contributed by atoms with E-state index in [4.69, 9.17) is 0 Å². The fourth-order valence-electron chi connectivity index (χ4n) is 2.69. The number of aliphatic carboxylic acids is 1. The van der Waals surface area contributed by atoms with Gasteiger partial charge in [0, 0.05) is 11.4 Å². The van der Waals surface area contributed by atoms with E-state index in [9.17, 15) is 18.3 Å². The van der Waals surface area contributed by atoms with Gasteiger partial charge in [0.05, 0.1) is 5.41 Å². The molecular weight excluding hydrogens is 310 g/mol. The van der Waals surface area contributed by atoms with Crippen molar-refractivity contribution >= 4 is 27.3 Å². The summed E-state index contributed by atoms with van der Waals surface area (Å²) < 4.78 is 27.3. The van der Waals surface area contributed by atoms with Crippen molar-refractivity contribution in [3.05, 3.63) is 17.0 Å². The summed E-state index contributed by atoms with van der Waals surface area (Å²) in [6.07, 6.45) is 4.57. The molecule has 118 valence electrons. The zero-order chi connectivity index (χ0) is 15.5. The molecule has 7 heteroatoms. The molecule has 1 aliphatic rings. The highest BCUT2D eigenvalue weighted by atomic mass is 32.2. The van der Waals surface area contributed by atoms with Crippen molar-refractivity contribution in [3.8, 4) is 0 Å². The molecule has 0 bridgehead atoms. The van der Waals surface area contributed by atoms with E-state index in [0.717, 1.165) is 30.6 Å². The van der Waals surface area contributed by atoms with E-state index in [1.807, 2.05) is 6.92 Å². The summed E-state index contributed by atoms with van der Waals surface area (Å²) in [4.78, 5) is 12.5. The summed E-state index contributed by atoms with van der Waals surface area (Å²) in [6, 6.07) is 3.38. The average Bonchev–Trinajstić information content (AvgIpc) is 2.96. The standard InChI is InChI=1S/C14H21NO4S2/c1-2-11-6-7-12(20-11)21(18,19)15-10-14(13(16)17)8-4-3-5-9-14/h6-7,15H,2-5,8-10H2,1H3,(H,16,17). The number of sulfonamides is 1. The lowest BCUT2D eigenvalue weighted by Gasteiger charge is -2.33. The molecule has 1 saturated carbocycles. The number of hydrogen-bond acceptors (Lipinski definition) is 4. The minimum absolute atomic E-state index is 0.0238. The molecule has 1 aliphatic carbocycles. The van der Waals surface area contributed by atoms with Crippen LogP contribution < -0.4 is 4.72 Å². The highest BCUT2D eigenvalue weighted by molar-refractivity contribution is 7.91. The van der Waals surface area contributed by atoms with Crippen molar-refractivity contribution in [2.75, 3.05) is 6.54 Å². The smallest absolute Gasteiger partial charge is 0.310 e. The van der Waals surface area contributed by atoms with E-state index in [0.29, 0.717) is 12.8 Å². The summed E-state index contributed by atoms with van der Waals surface area (Å²) in [5.41, 5.74) is -0.948. The first-order chi connectivity index (χ1) is 9.89. The molecule has 1 heterocycles. The zero-order valence-corrected chi connectivity index (χ0v) is 13.7. The van der Waals surface area contributed by atoms with Crippen LogP contribution in [0, 0.1) is 5.41 Å². The van der Waals surface area contributed by atoms with E-state index in [-0.39, 0.29) is 10.8 Å². The van der Waals surface area contributed by atoms with Crippen LogP contribution in [0.4, 0.5) is 0 Å².